The molecule has 0 radical (unpaired) electrons. The predicted octanol–water partition coefficient (Wildman–Crippen LogP) is 3.83. The molecule has 4 rings (SSSR count). The van der Waals surface area contributed by atoms with Gasteiger partial charge in [-0.1, -0.05) is 29.8 Å². The van der Waals surface area contributed by atoms with E-state index < -0.39 is 0 Å². The number of para-hydroxylation sites is 1. The lowest BCUT2D eigenvalue weighted by molar-refractivity contribution is 0.0496. The molecule has 0 aromatic heterocycles. The van der Waals surface area contributed by atoms with Crippen molar-refractivity contribution in [3.63, 3.8) is 0 Å². The molecule has 0 aliphatic carbocycles. The minimum absolute atomic E-state index is 0.00291. The van der Waals surface area contributed by atoms with Gasteiger partial charge in [0.1, 0.15) is 5.75 Å². The fourth-order valence-electron chi connectivity index (χ4n) is 4.29. The number of hydrogen-bond donors (Lipinski definition) is 0. The highest BCUT2D eigenvalue weighted by Crippen LogP contribution is 2.44. The summed E-state index contributed by atoms with van der Waals surface area (Å²) >= 11 is 1.86. The number of thioether (sulfide) groups is 1. The van der Waals surface area contributed by atoms with Crippen molar-refractivity contribution in [1.82, 2.24) is 9.80 Å². The van der Waals surface area contributed by atoms with E-state index in [1.54, 1.807) is 7.11 Å². The number of ether oxygens (including phenoxy) is 1. The number of rotatable bonds is 3. The standard InChI is InChI=1S/C23H26N2O3S/c1-17-6-5-7-18(16-17)21(26)25-14-15-29-23(25)10-12-24(13-11-23)22(27)19-8-3-4-9-20(19)28-2/h3-9,16H,10-15H2,1-2H3. The van der Waals surface area contributed by atoms with Crippen LogP contribution in [0.1, 0.15) is 39.1 Å². The Balaban J connectivity index is 1.49. The first-order valence-corrected chi connectivity index (χ1v) is 11.0. The van der Waals surface area contributed by atoms with E-state index in [0.29, 0.717) is 24.4 Å². The van der Waals surface area contributed by atoms with Gasteiger partial charge in [0.05, 0.1) is 17.5 Å². The van der Waals surface area contributed by atoms with Crippen LogP contribution >= 0.6 is 11.8 Å². The van der Waals surface area contributed by atoms with Crippen molar-refractivity contribution in [2.75, 3.05) is 32.5 Å². The van der Waals surface area contributed by atoms with Crippen molar-refractivity contribution < 1.29 is 14.3 Å². The van der Waals surface area contributed by atoms with Crippen molar-refractivity contribution in [2.45, 2.75) is 24.6 Å². The highest BCUT2D eigenvalue weighted by molar-refractivity contribution is 8.00. The van der Waals surface area contributed by atoms with Crippen molar-refractivity contribution >= 4 is 23.6 Å². The molecule has 1 spiro atoms. The minimum Gasteiger partial charge on any atom is -0.496 e. The summed E-state index contributed by atoms with van der Waals surface area (Å²) in [6.45, 7) is 4.05. The topological polar surface area (TPSA) is 49.9 Å². The summed E-state index contributed by atoms with van der Waals surface area (Å²) in [5.74, 6) is 1.64. The van der Waals surface area contributed by atoms with Gasteiger partial charge in [-0.2, -0.15) is 0 Å². The first-order chi connectivity index (χ1) is 14.0. The molecule has 2 fully saturated rings. The monoisotopic (exact) mass is 410 g/mol. The third kappa shape index (κ3) is 3.73. The Bertz CT molecular complexity index is 922. The molecule has 2 amide bonds. The summed E-state index contributed by atoms with van der Waals surface area (Å²) in [6.07, 6.45) is 1.58. The van der Waals surface area contributed by atoms with Crippen molar-refractivity contribution in [3.05, 3.63) is 65.2 Å². The minimum atomic E-state index is -0.210. The van der Waals surface area contributed by atoms with Crippen LogP contribution in [0.25, 0.3) is 0 Å². The van der Waals surface area contributed by atoms with Gasteiger partial charge in [0, 0.05) is 31.0 Å². The molecular formula is C23H26N2O3S. The van der Waals surface area contributed by atoms with Gasteiger partial charge in [-0.15, -0.1) is 11.8 Å². The smallest absolute Gasteiger partial charge is 0.257 e. The van der Waals surface area contributed by atoms with E-state index in [-0.39, 0.29) is 16.7 Å². The van der Waals surface area contributed by atoms with Gasteiger partial charge >= 0.3 is 0 Å². The second-order valence-corrected chi connectivity index (χ2v) is 9.07. The molecule has 2 aromatic rings. The number of hydrogen-bond acceptors (Lipinski definition) is 4. The van der Waals surface area contributed by atoms with E-state index >= 15 is 0 Å². The van der Waals surface area contributed by atoms with Gasteiger partial charge < -0.3 is 14.5 Å². The van der Waals surface area contributed by atoms with Crippen LogP contribution in [0.3, 0.4) is 0 Å². The van der Waals surface area contributed by atoms with Crippen LogP contribution < -0.4 is 4.74 Å². The van der Waals surface area contributed by atoms with Crippen LogP contribution in [0.15, 0.2) is 48.5 Å². The van der Waals surface area contributed by atoms with E-state index in [2.05, 4.69) is 0 Å². The van der Waals surface area contributed by atoms with Crippen molar-refractivity contribution in [2.24, 2.45) is 0 Å². The maximum atomic E-state index is 13.2. The molecule has 2 heterocycles. The van der Waals surface area contributed by atoms with Crippen LogP contribution in [0.4, 0.5) is 0 Å². The Morgan fingerprint density at radius 3 is 2.48 bits per heavy atom. The molecular weight excluding hydrogens is 384 g/mol. The van der Waals surface area contributed by atoms with Gasteiger partial charge in [-0.25, -0.2) is 0 Å². The zero-order chi connectivity index (χ0) is 20.4. The molecule has 2 aliphatic rings. The molecule has 5 nitrogen and oxygen atoms in total. The maximum Gasteiger partial charge on any atom is 0.257 e. The first-order valence-electron chi connectivity index (χ1n) is 9.99. The zero-order valence-electron chi connectivity index (χ0n) is 16.9. The summed E-state index contributed by atoms with van der Waals surface area (Å²) in [5, 5.41) is 0. The third-order valence-corrected chi connectivity index (χ3v) is 7.41. The molecule has 2 aliphatic heterocycles. The largest absolute Gasteiger partial charge is 0.496 e. The average Bonchev–Trinajstić information content (AvgIpc) is 3.16. The summed E-state index contributed by atoms with van der Waals surface area (Å²) in [7, 11) is 1.58. The molecule has 2 saturated heterocycles. The summed E-state index contributed by atoms with van der Waals surface area (Å²) < 4.78 is 5.35. The number of carbonyl (C=O) groups is 2. The summed E-state index contributed by atoms with van der Waals surface area (Å²) in [4.78, 5) is 29.9. The summed E-state index contributed by atoms with van der Waals surface area (Å²) in [5.41, 5.74) is 2.44. The Morgan fingerprint density at radius 2 is 1.76 bits per heavy atom. The van der Waals surface area contributed by atoms with Crippen molar-refractivity contribution in [3.8, 4) is 5.75 Å². The second kappa shape index (κ2) is 8.11. The Labute approximate surface area is 176 Å². The summed E-state index contributed by atoms with van der Waals surface area (Å²) in [6, 6.07) is 15.1. The van der Waals surface area contributed by atoms with Crippen LogP contribution in [-0.4, -0.2) is 59.0 Å². The van der Waals surface area contributed by atoms with E-state index in [9.17, 15) is 9.59 Å². The Kier molecular flexibility index (Phi) is 5.54. The van der Waals surface area contributed by atoms with Crippen LogP contribution in [-0.2, 0) is 0 Å². The number of benzene rings is 2. The number of likely N-dealkylation sites (tertiary alicyclic amines) is 1. The van der Waals surface area contributed by atoms with Gasteiger partial charge in [-0.3, -0.25) is 9.59 Å². The van der Waals surface area contributed by atoms with Crippen LogP contribution in [0.2, 0.25) is 0 Å². The number of carbonyl (C=O) groups excluding carboxylic acids is 2. The SMILES string of the molecule is COc1ccccc1C(=O)N1CCC2(CC1)SCCN2C(=O)c1cccc(C)c1. The molecule has 0 bridgehead atoms. The predicted molar refractivity (Wildman–Crippen MR) is 116 cm³/mol. The Hall–Kier alpha value is -2.47. The van der Waals surface area contributed by atoms with Crippen molar-refractivity contribution in [1.29, 1.82) is 0 Å². The second-order valence-electron chi connectivity index (χ2n) is 7.61. The molecule has 0 saturated carbocycles. The fourth-order valence-corrected chi connectivity index (χ4v) is 5.75. The zero-order valence-corrected chi connectivity index (χ0v) is 17.7. The van der Waals surface area contributed by atoms with E-state index in [4.69, 9.17) is 4.74 Å². The third-order valence-electron chi connectivity index (χ3n) is 5.86. The highest BCUT2D eigenvalue weighted by atomic mass is 32.2. The maximum absolute atomic E-state index is 13.2. The Morgan fingerprint density at radius 1 is 1.00 bits per heavy atom. The fraction of sp³-hybridized carbons (Fsp3) is 0.391. The van der Waals surface area contributed by atoms with Gasteiger partial charge in [0.25, 0.3) is 11.8 Å². The lowest BCUT2D eigenvalue weighted by Crippen LogP contribution is -2.53. The first kappa shape index (κ1) is 19.8. The van der Waals surface area contributed by atoms with E-state index in [0.717, 1.165) is 36.3 Å². The number of amides is 2. The van der Waals surface area contributed by atoms with E-state index in [1.807, 2.05) is 77.0 Å². The van der Waals surface area contributed by atoms with Crippen LogP contribution in [0, 0.1) is 6.92 Å². The molecule has 0 atom stereocenters. The van der Waals surface area contributed by atoms with Gasteiger partial charge in [0.15, 0.2) is 0 Å². The van der Waals surface area contributed by atoms with E-state index in [1.165, 1.54) is 0 Å². The van der Waals surface area contributed by atoms with Gasteiger partial charge in [0.2, 0.25) is 0 Å². The molecule has 2 aromatic carbocycles. The lowest BCUT2D eigenvalue weighted by atomic mass is 9.99. The lowest BCUT2D eigenvalue weighted by Gasteiger charge is -2.44. The normalized spacial score (nSPS) is 18.1. The number of piperidine rings is 1. The molecule has 6 heteroatoms. The quantitative estimate of drug-likeness (QED) is 0.772. The van der Waals surface area contributed by atoms with Gasteiger partial charge in [-0.05, 0) is 44.0 Å². The van der Waals surface area contributed by atoms with Crippen LogP contribution in [0.5, 0.6) is 5.75 Å². The highest BCUT2D eigenvalue weighted by Gasteiger charge is 2.47. The molecule has 29 heavy (non-hydrogen) atoms. The number of nitrogens with zero attached hydrogens (tertiary/aromatic N) is 2. The molecule has 152 valence electrons. The average molecular weight is 411 g/mol. The molecule has 0 N–H and O–H groups in total. The number of methoxy groups -OCH3 is 1. The number of aryl methyl sites for hydroxylation is 1. The molecule has 0 unspecified atom stereocenters.